The Kier molecular flexibility index (Phi) is 6.74. The third-order valence-electron chi connectivity index (χ3n) is 12.9. The quantitative estimate of drug-likeness (QED) is 0.383. The highest BCUT2D eigenvalue weighted by Gasteiger charge is 2.76. The summed E-state index contributed by atoms with van der Waals surface area (Å²) < 4.78 is 0. The fourth-order valence-electron chi connectivity index (χ4n) is 10.1. The number of rotatable bonds is 5. The molecule has 0 aromatic heterocycles. The Bertz CT molecular complexity index is 1200. The summed E-state index contributed by atoms with van der Waals surface area (Å²) in [5.74, 6) is 3.02. The van der Waals surface area contributed by atoms with Crippen molar-refractivity contribution in [1.82, 2.24) is 5.06 Å². The number of aliphatic hydroxyl groups is 1. The maximum absolute atomic E-state index is 14.3. The Hall–Kier alpha value is -1.91. The molecule has 4 aliphatic carbocycles. The van der Waals surface area contributed by atoms with Crippen molar-refractivity contribution in [3.8, 4) is 0 Å². The summed E-state index contributed by atoms with van der Waals surface area (Å²) in [6.45, 7) is 16.3. The van der Waals surface area contributed by atoms with Crippen LogP contribution in [0.2, 0.25) is 0 Å². The monoisotopic (exact) mass is 545 g/mol. The molecule has 0 radical (unpaired) electrons. The topological polar surface area (TPSA) is 49.8 Å². The van der Waals surface area contributed by atoms with Crippen LogP contribution in [-0.4, -0.2) is 33.3 Å². The second-order valence-corrected chi connectivity index (χ2v) is 15.2. The predicted molar refractivity (Wildman–Crippen MR) is 160 cm³/mol. The molecule has 2 spiro atoms. The summed E-state index contributed by atoms with van der Waals surface area (Å²) in [7, 11) is 0. The maximum atomic E-state index is 14.3. The summed E-state index contributed by atoms with van der Waals surface area (Å²) in [6.07, 6.45) is 16.1. The number of aryl methyl sites for hydroxylation is 1. The molecule has 7 rings (SSSR count). The first-order valence-electron chi connectivity index (χ1n) is 16.0. The van der Waals surface area contributed by atoms with E-state index in [1.165, 1.54) is 12.8 Å². The lowest BCUT2D eigenvalue weighted by molar-refractivity contribution is -0.380. The highest BCUT2D eigenvalue weighted by atomic mass is 16.7. The molecule has 3 saturated carbocycles. The number of aliphatic hydroxyl groups excluding tert-OH is 1. The van der Waals surface area contributed by atoms with Crippen molar-refractivity contribution < 1.29 is 14.7 Å². The van der Waals surface area contributed by atoms with Crippen LogP contribution in [-0.2, 0) is 4.84 Å². The first-order chi connectivity index (χ1) is 18.9. The number of hydrogen-bond acceptors (Lipinski definition) is 3. The molecule has 2 heterocycles. The molecule has 4 fully saturated rings. The molecule has 1 aromatic carbocycles. The molecule has 2 bridgehead atoms. The van der Waals surface area contributed by atoms with Crippen LogP contribution in [0, 0.1) is 53.3 Å². The molecule has 4 heteroatoms. The van der Waals surface area contributed by atoms with Gasteiger partial charge in [-0.3, -0.25) is 9.63 Å². The van der Waals surface area contributed by atoms with Crippen LogP contribution in [0.5, 0.6) is 0 Å². The molecule has 1 N–H and O–H groups in total. The van der Waals surface area contributed by atoms with Gasteiger partial charge in [0.2, 0.25) is 0 Å². The number of fused-ring (bicyclic) bond motifs is 2. The van der Waals surface area contributed by atoms with Crippen molar-refractivity contribution in [1.29, 1.82) is 0 Å². The molecule has 218 valence electrons. The zero-order chi connectivity index (χ0) is 28.7. The Morgan fingerprint density at radius 1 is 0.975 bits per heavy atom. The first kappa shape index (κ1) is 28.2. The van der Waals surface area contributed by atoms with Gasteiger partial charge < -0.3 is 5.11 Å². The second-order valence-electron chi connectivity index (χ2n) is 15.2. The predicted octanol–water partition coefficient (Wildman–Crippen LogP) is 7.91. The van der Waals surface area contributed by atoms with E-state index in [9.17, 15) is 9.90 Å². The van der Waals surface area contributed by atoms with Gasteiger partial charge in [-0.1, -0.05) is 83.5 Å². The summed E-state index contributed by atoms with van der Waals surface area (Å²) >= 11 is 0. The van der Waals surface area contributed by atoms with Gasteiger partial charge in [-0.2, -0.15) is 0 Å². The van der Waals surface area contributed by atoms with E-state index in [1.54, 1.807) is 5.06 Å². The van der Waals surface area contributed by atoms with E-state index >= 15 is 0 Å². The Balaban J connectivity index is 1.40. The molecule has 1 aromatic rings. The average Bonchev–Trinajstić information content (AvgIpc) is 3.29. The van der Waals surface area contributed by atoms with Crippen molar-refractivity contribution in [3.05, 3.63) is 59.7 Å². The van der Waals surface area contributed by atoms with Crippen molar-refractivity contribution in [3.63, 3.8) is 0 Å². The second kappa shape index (κ2) is 9.56. The molecule has 1 saturated heterocycles. The van der Waals surface area contributed by atoms with Crippen LogP contribution >= 0.6 is 0 Å². The Morgan fingerprint density at radius 3 is 2.40 bits per heavy atom. The molecule has 10 atom stereocenters. The van der Waals surface area contributed by atoms with E-state index < -0.39 is 17.2 Å². The summed E-state index contributed by atoms with van der Waals surface area (Å²) in [5.41, 5.74) is 0.739. The van der Waals surface area contributed by atoms with Crippen molar-refractivity contribution in [2.24, 2.45) is 46.3 Å². The lowest BCUT2D eigenvalue weighted by Crippen LogP contribution is -2.79. The largest absolute Gasteiger partial charge is 0.393 e. The fourth-order valence-corrected chi connectivity index (χ4v) is 10.1. The van der Waals surface area contributed by atoms with Crippen LogP contribution < -0.4 is 0 Å². The molecular weight excluding hydrogens is 494 g/mol. The van der Waals surface area contributed by atoms with Crippen molar-refractivity contribution >= 4 is 5.91 Å². The molecule has 1 amide bonds. The number of hydroxylamine groups is 2. The molecule has 1 unspecified atom stereocenters. The SMILES string of the molecule is Cc1ccc(C(=O)N2O[C@]34C=C[C@]25C[C@@H](O)CC[C@]5(C)C3CC[C@]2(C)[C@@H]([C@H](C)/C=C/[C@H](C)C(C)C)CC[C@H]24)cc1. The van der Waals surface area contributed by atoms with Gasteiger partial charge in [0, 0.05) is 29.2 Å². The average molecular weight is 546 g/mol. The maximum Gasteiger partial charge on any atom is 0.278 e. The van der Waals surface area contributed by atoms with Gasteiger partial charge >= 0.3 is 0 Å². The lowest BCUT2D eigenvalue weighted by Gasteiger charge is -2.73. The first-order valence-corrected chi connectivity index (χ1v) is 16.0. The van der Waals surface area contributed by atoms with Gasteiger partial charge in [0.1, 0.15) is 5.60 Å². The minimum atomic E-state index is -0.617. The molecule has 6 aliphatic rings. The number of carbonyl (C=O) groups excluding carboxylic acids is 1. The van der Waals surface area contributed by atoms with E-state index in [-0.39, 0.29) is 16.7 Å². The van der Waals surface area contributed by atoms with Crippen LogP contribution in [0.15, 0.2) is 48.6 Å². The normalized spacial score (nSPS) is 43.5. The van der Waals surface area contributed by atoms with Gasteiger partial charge in [0.05, 0.1) is 11.6 Å². The highest BCUT2D eigenvalue weighted by molar-refractivity contribution is 5.94. The number of carbonyl (C=O) groups is 1. The Labute approximate surface area is 242 Å². The smallest absolute Gasteiger partial charge is 0.278 e. The molecule has 40 heavy (non-hydrogen) atoms. The number of hydrogen-bond donors (Lipinski definition) is 1. The van der Waals surface area contributed by atoms with E-state index in [0.29, 0.717) is 47.5 Å². The van der Waals surface area contributed by atoms with E-state index in [2.05, 4.69) is 65.8 Å². The third-order valence-corrected chi connectivity index (χ3v) is 12.9. The van der Waals surface area contributed by atoms with Crippen LogP contribution in [0.25, 0.3) is 0 Å². The van der Waals surface area contributed by atoms with Crippen LogP contribution in [0.1, 0.15) is 102 Å². The lowest BCUT2D eigenvalue weighted by atomic mass is 9.41. The van der Waals surface area contributed by atoms with Crippen molar-refractivity contribution in [2.45, 2.75) is 111 Å². The van der Waals surface area contributed by atoms with Gasteiger partial charge in [0.15, 0.2) is 0 Å². The van der Waals surface area contributed by atoms with Gasteiger partial charge in [0.25, 0.3) is 5.91 Å². The zero-order valence-corrected chi connectivity index (χ0v) is 25.8. The molecular formula is C36H51NO3. The van der Waals surface area contributed by atoms with Crippen molar-refractivity contribution in [2.75, 3.05) is 0 Å². The number of allylic oxidation sites excluding steroid dienone is 2. The van der Waals surface area contributed by atoms with Gasteiger partial charge in [-0.25, -0.2) is 5.06 Å². The number of nitrogens with zero attached hydrogens (tertiary/aromatic N) is 1. The van der Waals surface area contributed by atoms with Crippen LogP contribution in [0.4, 0.5) is 0 Å². The zero-order valence-electron chi connectivity index (χ0n) is 25.8. The highest BCUT2D eigenvalue weighted by Crippen LogP contribution is 2.73. The number of benzene rings is 1. The van der Waals surface area contributed by atoms with E-state index in [1.807, 2.05) is 31.2 Å². The summed E-state index contributed by atoms with van der Waals surface area (Å²) in [5, 5.41) is 12.7. The fraction of sp³-hybridized carbons (Fsp3) is 0.694. The van der Waals surface area contributed by atoms with Crippen LogP contribution in [0.3, 0.4) is 0 Å². The minimum Gasteiger partial charge on any atom is -0.393 e. The Morgan fingerprint density at radius 2 is 1.70 bits per heavy atom. The summed E-state index contributed by atoms with van der Waals surface area (Å²) in [6, 6.07) is 7.87. The molecule has 4 nitrogen and oxygen atoms in total. The third kappa shape index (κ3) is 3.80. The minimum absolute atomic E-state index is 0.0664. The molecule has 2 aliphatic heterocycles. The van der Waals surface area contributed by atoms with Gasteiger partial charge in [-0.05, 0) is 86.7 Å². The standard InChI is InChI=1S/C36H51NO3/c1-23(2)25(4)10-11-26(5)29-14-15-30-33(29,6)18-17-31-34(7)19-16-28(38)22-35(34)20-21-36(30,31)40-37(35)32(39)27-12-8-24(3)9-13-27/h8-13,20-21,23,25-26,28-31,38H,14-19,22H2,1-7H3/b11-10+/t25-,26+,28-,29+,30+,31?,33+,34+,35+,36-/m0/s1. The summed E-state index contributed by atoms with van der Waals surface area (Å²) in [4.78, 5) is 21.5. The van der Waals surface area contributed by atoms with E-state index in [0.717, 1.165) is 31.2 Å². The van der Waals surface area contributed by atoms with Gasteiger partial charge in [-0.15, -0.1) is 0 Å². The van der Waals surface area contributed by atoms with E-state index in [4.69, 9.17) is 4.84 Å². The number of amides is 1.